The summed E-state index contributed by atoms with van der Waals surface area (Å²) in [4.78, 5) is 11.2. The Balaban J connectivity index is 1.67. The van der Waals surface area contributed by atoms with E-state index in [-0.39, 0.29) is 0 Å². The number of benzene rings is 1. The van der Waals surface area contributed by atoms with Gasteiger partial charge in [0.05, 0.1) is 0 Å². The number of hydrogen-bond acceptors (Lipinski definition) is 4. The van der Waals surface area contributed by atoms with Crippen LogP contribution in [0.3, 0.4) is 0 Å². The molecule has 18 heavy (non-hydrogen) atoms. The molecule has 0 radical (unpaired) electrons. The molecule has 0 unspecified atom stereocenters. The van der Waals surface area contributed by atoms with Crippen LogP contribution in [0.5, 0.6) is 11.5 Å². The van der Waals surface area contributed by atoms with Crippen LogP contribution in [0, 0.1) is 0 Å². The van der Waals surface area contributed by atoms with E-state index in [1.165, 1.54) is 0 Å². The van der Waals surface area contributed by atoms with Crippen LogP contribution in [0.15, 0.2) is 18.2 Å². The minimum Gasteiger partial charge on any atom is -0.486 e. The minimum absolute atomic E-state index is 0.384. The maximum Gasteiger partial charge on any atom is 0.163 e. The maximum atomic E-state index is 11.2. The Kier molecular flexibility index (Phi) is 3.09. The fourth-order valence-corrected chi connectivity index (χ4v) is 2.45. The lowest BCUT2D eigenvalue weighted by Gasteiger charge is -2.24. The number of ether oxygens (including phenoxy) is 2. The third kappa shape index (κ3) is 2.42. The second-order valence-electron chi connectivity index (χ2n) is 4.82. The van der Waals surface area contributed by atoms with Gasteiger partial charge in [0.15, 0.2) is 11.5 Å². The molecule has 2 aliphatic rings. The molecular formula is C14H17NO3. The molecule has 1 aliphatic heterocycles. The van der Waals surface area contributed by atoms with Crippen LogP contribution < -0.4 is 14.8 Å². The van der Waals surface area contributed by atoms with Crippen molar-refractivity contribution in [3.8, 4) is 11.5 Å². The Morgan fingerprint density at radius 2 is 1.78 bits per heavy atom. The van der Waals surface area contributed by atoms with Crippen LogP contribution in [-0.2, 0) is 4.79 Å². The highest BCUT2D eigenvalue weighted by molar-refractivity contribution is 5.79. The predicted molar refractivity (Wildman–Crippen MR) is 68.3 cm³/mol. The molecule has 4 heteroatoms. The van der Waals surface area contributed by atoms with Crippen LogP contribution in [-0.4, -0.2) is 25.0 Å². The number of carbonyl (C=O) groups excluding carboxylic acids is 1. The largest absolute Gasteiger partial charge is 0.486 e. The van der Waals surface area contributed by atoms with E-state index in [1.807, 2.05) is 18.2 Å². The monoisotopic (exact) mass is 247 g/mol. The number of nitrogens with one attached hydrogen (secondary N) is 1. The molecule has 0 amide bonds. The molecular weight excluding hydrogens is 230 g/mol. The summed E-state index contributed by atoms with van der Waals surface area (Å²) in [6.45, 7) is 1.22. The molecule has 0 atom stereocenters. The van der Waals surface area contributed by atoms with Crippen LogP contribution >= 0.6 is 0 Å². The topological polar surface area (TPSA) is 47.6 Å². The van der Waals surface area contributed by atoms with E-state index in [1.54, 1.807) is 0 Å². The lowest BCUT2D eigenvalue weighted by atomic mass is 9.94. The number of carbonyl (C=O) groups is 1. The van der Waals surface area contributed by atoms with Crippen LogP contribution in [0.25, 0.3) is 0 Å². The van der Waals surface area contributed by atoms with Gasteiger partial charge in [0, 0.05) is 30.6 Å². The van der Waals surface area contributed by atoms with E-state index in [9.17, 15) is 4.79 Å². The van der Waals surface area contributed by atoms with Gasteiger partial charge in [0.1, 0.15) is 19.0 Å². The fourth-order valence-electron chi connectivity index (χ4n) is 2.45. The smallest absolute Gasteiger partial charge is 0.163 e. The summed E-state index contributed by atoms with van der Waals surface area (Å²) in [6, 6.07) is 6.31. The number of Topliss-reactive ketones (excluding diaryl/α,β-unsaturated/α-hetero) is 1. The third-order valence-electron chi connectivity index (χ3n) is 3.46. The van der Waals surface area contributed by atoms with E-state index < -0.39 is 0 Å². The van der Waals surface area contributed by atoms with Gasteiger partial charge in [-0.3, -0.25) is 4.79 Å². The summed E-state index contributed by atoms with van der Waals surface area (Å²) in [6.07, 6.45) is 3.24. The summed E-state index contributed by atoms with van der Waals surface area (Å²) in [5.74, 6) is 2.00. The normalized spacial score (nSPS) is 19.7. The average Bonchev–Trinajstić information content (AvgIpc) is 2.41. The van der Waals surface area contributed by atoms with Crippen molar-refractivity contribution < 1.29 is 14.3 Å². The molecule has 96 valence electrons. The van der Waals surface area contributed by atoms with E-state index in [0.29, 0.717) is 37.9 Å². The molecule has 1 aromatic rings. The van der Waals surface area contributed by atoms with Crippen molar-refractivity contribution in [2.24, 2.45) is 0 Å². The third-order valence-corrected chi connectivity index (χ3v) is 3.46. The Morgan fingerprint density at radius 3 is 2.56 bits per heavy atom. The first kappa shape index (κ1) is 11.4. The van der Waals surface area contributed by atoms with Gasteiger partial charge in [-0.05, 0) is 25.0 Å². The molecule has 0 saturated heterocycles. The van der Waals surface area contributed by atoms with Crippen molar-refractivity contribution in [1.29, 1.82) is 0 Å². The predicted octanol–water partition coefficient (Wildman–Crippen LogP) is 2.38. The molecule has 0 spiro atoms. The standard InChI is InChI=1S/C14H17NO3/c16-12-4-1-10(2-5-12)15-11-3-6-13-14(9-11)18-8-7-17-13/h3,6,9-10,15H,1-2,4-5,7-8H2. The molecule has 0 aromatic heterocycles. The van der Waals surface area contributed by atoms with Gasteiger partial charge in [0.25, 0.3) is 0 Å². The van der Waals surface area contributed by atoms with Gasteiger partial charge in [-0.15, -0.1) is 0 Å². The molecule has 0 bridgehead atoms. The second kappa shape index (κ2) is 4.88. The molecule has 4 nitrogen and oxygen atoms in total. The Bertz CT molecular complexity index is 448. The van der Waals surface area contributed by atoms with Crippen LogP contribution in [0.2, 0.25) is 0 Å². The zero-order valence-electron chi connectivity index (χ0n) is 10.3. The average molecular weight is 247 g/mol. The Morgan fingerprint density at radius 1 is 1.06 bits per heavy atom. The number of fused-ring (bicyclic) bond motifs is 1. The molecule has 1 heterocycles. The van der Waals surface area contributed by atoms with Gasteiger partial charge in [0.2, 0.25) is 0 Å². The number of rotatable bonds is 2. The van der Waals surface area contributed by atoms with Crippen LogP contribution in [0.4, 0.5) is 5.69 Å². The van der Waals surface area contributed by atoms with Gasteiger partial charge >= 0.3 is 0 Å². The fraction of sp³-hybridized carbons (Fsp3) is 0.500. The van der Waals surface area contributed by atoms with Gasteiger partial charge in [-0.1, -0.05) is 0 Å². The van der Waals surface area contributed by atoms with E-state index in [0.717, 1.165) is 30.0 Å². The van der Waals surface area contributed by atoms with Crippen molar-refractivity contribution in [3.05, 3.63) is 18.2 Å². The SMILES string of the molecule is O=C1CCC(Nc2ccc3c(c2)OCCO3)CC1. The van der Waals surface area contributed by atoms with Crippen LogP contribution in [0.1, 0.15) is 25.7 Å². The number of anilines is 1. The van der Waals surface area contributed by atoms with E-state index in [4.69, 9.17) is 9.47 Å². The zero-order chi connectivity index (χ0) is 12.4. The molecule has 3 rings (SSSR count). The summed E-state index contributed by atoms with van der Waals surface area (Å²) in [5.41, 5.74) is 1.04. The molecule has 1 fully saturated rings. The van der Waals surface area contributed by atoms with Gasteiger partial charge < -0.3 is 14.8 Å². The minimum atomic E-state index is 0.384. The van der Waals surface area contributed by atoms with Gasteiger partial charge in [-0.25, -0.2) is 0 Å². The zero-order valence-corrected chi connectivity index (χ0v) is 10.3. The second-order valence-corrected chi connectivity index (χ2v) is 4.82. The summed E-state index contributed by atoms with van der Waals surface area (Å²) >= 11 is 0. The first-order valence-electron chi connectivity index (χ1n) is 6.49. The van der Waals surface area contributed by atoms with E-state index in [2.05, 4.69) is 5.32 Å². The quantitative estimate of drug-likeness (QED) is 0.871. The molecule has 1 aromatic carbocycles. The molecule has 1 N–H and O–H groups in total. The molecule has 1 aliphatic carbocycles. The van der Waals surface area contributed by atoms with E-state index >= 15 is 0 Å². The van der Waals surface area contributed by atoms with Crippen molar-refractivity contribution in [2.45, 2.75) is 31.7 Å². The van der Waals surface area contributed by atoms with Gasteiger partial charge in [-0.2, -0.15) is 0 Å². The maximum absolute atomic E-state index is 11.2. The van der Waals surface area contributed by atoms with Crippen molar-refractivity contribution >= 4 is 11.5 Å². The van der Waals surface area contributed by atoms with Crippen molar-refractivity contribution in [1.82, 2.24) is 0 Å². The molecule has 1 saturated carbocycles. The summed E-state index contributed by atoms with van der Waals surface area (Å²) in [7, 11) is 0. The summed E-state index contributed by atoms with van der Waals surface area (Å²) in [5, 5.41) is 3.46. The lowest BCUT2D eigenvalue weighted by molar-refractivity contribution is -0.120. The Hall–Kier alpha value is -1.71. The summed E-state index contributed by atoms with van der Waals surface area (Å²) < 4.78 is 11.0. The number of hydrogen-bond donors (Lipinski definition) is 1. The Labute approximate surface area is 106 Å². The highest BCUT2D eigenvalue weighted by Gasteiger charge is 2.19. The highest BCUT2D eigenvalue weighted by atomic mass is 16.6. The first-order valence-corrected chi connectivity index (χ1v) is 6.49. The lowest BCUT2D eigenvalue weighted by Crippen LogP contribution is -2.26. The first-order chi connectivity index (χ1) is 8.81. The highest BCUT2D eigenvalue weighted by Crippen LogP contribution is 2.33. The number of ketones is 1. The van der Waals surface area contributed by atoms with Crippen molar-refractivity contribution in [3.63, 3.8) is 0 Å². The van der Waals surface area contributed by atoms with Crippen molar-refractivity contribution in [2.75, 3.05) is 18.5 Å².